The Hall–Kier alpha value is -1.16. The van der Waals surface area contributed by atoms with Crippen LogP contribution in [-0.4, -0.2) is 17.3 Å². The lowest BCUT2D eigenvalue weighted by molar-refractivity contribution is 0.0975. The molecule has 0 saturated heterocycles. The van der Waals surface area contributed by atoms with Crippen molar-refractivity contribution in [2.75, 3.05) is 6.54 Å². The molecule has 0 aliphatic rings. The van der Waals surface area contributed by atoms with Gasteiger partial charge in [0, 0.05) is 0 Å². The molecular formula is C5H6N2O2. The fraction of sp³-hybridized carbons (Fsp3) is 0.200. The Labute approximate surface area is 51.7 Å². The number of hydrogen-bond donors (Lipinski definition) is 1. The van der Waals surface area contributed by atoms with E-state index in [9.17, 15) is 4.79 Å². The van der Waals surface area contributed by atoms with Crippen LogP contribution in [-0.2, 0) is 0 Å². The number of carbonyl (C=O) groups is 1. The van der Waals surface area contributed by atoms with Crippen molar-refractivity contribution in [1.29, 1.82) is 0 Å². The van der Waals surface area contributed by atoms with Crippen molar-refractivity contribution < 1.29 is 9.21 Å². The number of carbonyl (C=O) groups excluding carboxylic acids is 1. The highest BCUT2D eigenvalue weighted by molar-refractivity contribution is 5.94. The zero-order valence-corrected chi connectivity index (χ0v) is 4.70. The Bertz CT molecular complexity index is 193. The van der Waals surface area contributed by atoms with E-state index in [2.05, 4.69) is 9.40 Å². The van der Waals surface area contributed by atoms with Gasteiger partial charge in [0.2, 0.25) is 5.78 Å². The van der Waals surface area contributed by atoms with E-state index in [1.54, 1.807) is 0 Å². The number of hydrogen-bond acceptors (Lipinski definition) is 4. The van der Waals surface area contributed by atoms with Crippen LogP contribution in [0.5, 0.6) is 0 Å². The van der Waals surface area contributed by atoms with E-state index in [0.717, 1.165) is 0 Å². The summed E-state index contributed by atoms with van der Waals surface area (Å²) in [6, 6.07) is 0. The van der Waals surface area contributed by atoms with Crippen molar-refractivity contribution in [3.8, 4) is 0 Å². The molecule has 48 valence electrons. The van der Waals surface area contributed by atoms with Gasteiger partial charge in [-0.2, -0.15) is 0 Å². The first-order valence-corrected chi connectivity index (χ1v) is 2.46. The first kappa shape index (κ1) is 5.97. The van der Waals surface area contributed by atoms with E-state index in [1.165, 1.54) is 12.6 Å². The molecule has 0 unspecified atom stereocenters. The zero-order chi connectivity index (χ0) is 6.69. The van der Waals surface area contributed by atoms with Gasteiger partial charge in [-0.3, -0.25) is 4.79 Å². The molecule has 0 aromatic carbocycles. The van der Waals surface area contributed by atoms with Crippen molar-refractivity contribution in [2.45, 2.75) is 0 Å². The molecule has 0 aliphatic carbocycles. The molecule has 0 atom stereocenters. The Morgan fingerprint density at radius 1 is 1.89 bits per heavy atom. The minimum atomic E-state index is -0.229. The molecule has 9 heavy (non-hydrogen) atoms. The molecule has 1 aromatic heterocycles. The lowest BCUT2D eigenvalue weighted by Crippen LogP contribution is -2.12. The largest absolute Gasteiger partial charge is 0.440 e. The molecule has 1 rings (SSSR count). The Morgan fingerprint density at radius 3 is 3.11 bits per heavy atom. The molecule has 0 amide bonds. The summed E-state index contributed by atoms with van der Waals surface area (Å²) in [4.78, 5) is 14.2. The first-order valence-electron chi connectivity index (χ1n) is 2.46. The average Bonchev–Trinajstić information content (AvgIpc) is 2.37. The van der Waals surface area contributed by atoms with Crippen molar-refractivity contribution in [1.82, 2.24) is 4.98 Å². The number of oxazole rings is 1. The maximum atomic E-state index is 10.6. The molecule has 0 aliphatic heterocycles. The van der Waals surface area contributed by atoms with Crippen molar-refractivity contribution >= 4 is 5.78 Å². The number of rotatable bonds is 2. The van der Waals surface area contributed by atoms with Crippen LogP contribution in [0.4, 0.5) is 0 Å². The average molecular weight is 126 g/mol. The molecule has 2 N–H and O–H groups in total. The maximum absolute atomic E-state index is 10.6. The topological polar surface area (TPSA) is 69.1 Å². The molecule has 1 aromatic rings. The SMILES string of the molecule is NCC(=O)c1cnco1. The number of nitrogens with zero attached hydrogens (tertiary/aromatic N) is 1. The van der Waals surface area contributed by atoms with Crippen LogP contribution in [0.1, 0.15) is 10.6 Å². The quantitative estimate of drug-likeness (QED) is 0.558. The fourth-order valence-corrected chi connectivity index (χ4v) is 0.454. The smallest absolute Gasteiger partial charge is 0.213 e. The third-order valence-electron chi connectivity index (χ3n) is 0.893. The Balaban J connectivity index is 2.77. The van der Waals surface area contributed by atoms with E-state index in [4.69, 9.17) is 5.73 Å². The molecular weight excluding hydrogens is 120 g/mol. The molecule has 0 fully saturated rings. The summed E-state index contributed by atoms with van der Waals surface area (Å²) in [5.74, 6) is -0.00926. The summed E-state index contributed by atoms with van der Waals surface area (Å²) < 4.78 is 4.65. The van der Waals surface area contributed by atoms with E-state index in [0.29, 0.717) is 0 Å². The number of nitrogens with two attached hydrogens (primary N) is 1. The Kier molecular flexibility index (Phi) is 1.60. The van der Waals surface area contributed by atoms with Crippen molar-refractivity contribution in [3.05, 3.63) is 18.4 Å². The number of ketones is 1. The molecule has 4 nitrogen and oxygen atoms in total. The summed E-state index contributed by atoms with van der Waals surface area (Å²) in [7, 11) is 0. The Morgan fingerprint density at radius 2 is 2.67 bits per heavy atom. The second-order valence-corrected chi connectivity index (χ2v) is 1.49. The van der Waals surface area contributed by atoms with Gasteiger partial charge in [-0.15, -0.1) is 0 Å². The highest BCUT2D eigenvalue weighted by Crippen LogP contribution is 1.95. The molecule has 0 radical (unpaired) electrons. The minimum absolute atomic E-state index is 0.0325. The molecule has 0 saturated carbocycles. The van der Waals surface area contributed by atoms with Crippen LogP contribution in [0.3, 0.4) is 0 Å². The fourth-order valence-electron chi connectivity index (χ4n) is 0.454. The maximum Gasteiger partial charge on any atom is 0.213 e. The lowest BCUT2D eigenvalue weighted by atomic mass is 10.3. The van der Waals surface area contributed by atoms with Crippen LogP contribution < -0.4 is 5.73 Å². The van der Waals surface area contributed by atoms with E-state index < -0.39 is 0 Å². The highest BCUT2D eigenvalue weighted by atomic mass is 16.3. The second-order valence-electron chi connectivity index (χ2n) is 1.49. The lowest BCUT2D eigenvalue weighted by Gasteiger charge is -1.85. The molecule has 0 spiro atoms. The van der Waals surface area contributed by atoms with Gasteiger partial charge >= 0.3 is 0 Å². The summed E-state index contributed by atoms with van der Waals surface area (Å²) >= 11 is 0. The van der Waals surface area contributed by atoms with Crippen molar-refractivity contribution in [2.24, 2.45) is 5.73 Å². The third-order valence-corrected chi connectivity index (χ3v) is 0.893. The first-order chi connectivity index (χ1) is 4.34. The predicted molar refractivity (Wildman–Crippen MR) is 29.9 cm³/mol. The minimum Gasteiger partial charge on any atom is -0.440 e. The van der Waals surface area contributed by atoms with E-state index in [-0.39, 0.29) is 18.1 Å². The predicted octanol–water partition coefficient (Wildman–Crippen LogP) is -0.184. The van der Waals surface area contributed by atoms with Crippen LogP contribution in [0.15, 0.2) is 17.0 Å². The zero-order valence-electron chi connectivity index (χ0n) is 4.70. The highest BCUT2D eigenvalue weighted by Gasteiger charge is 2.04. The molecule has 4 heteroatoms. The standard InChI is InChI=1S/C5H6N2O2/c6-1-4(8)5-2-7-3-9-5/h2-3H,1,6H2. The summed E-state index contributed by atoms with van der Waals surface area (Å²) in [6.07, 6.45) is 2.54. The van der Waals surface area contributed by atoms with E-state index >= 15 is 0 Å². The van der Waals surface area contributed by atoms with Gasteiger partial charge in [0.25, 0.3) is 0 Å². The van der Waals surface area contributed by atoms with Crippen LogP contribution in [0, 0.1) is 0 Å². The van der Waals surface area contributed by atoms with Crippen LogP contribution >= 0.6 is 0 Å². The molecule has 1 heterocycles. The monoisotopic (exact) mass is 126 g/mol. The van der Waals surface area contributed by atoms with Gasteiger partial charge < -0.3 is 10.2 Å². The van der Waals surface area contributed by atoms with Crippen LogP contribution in [0.25, 0.3) is 0 Å². The van der Waals surface area contributed by atoms with Gasteiger partial charge in [-0.05, 0) is 0 Å². The summed E-state index contributed by atoms with van der Waals surface area (Å²) in [5, 5.41) is 0. The number of aromatic nitrogens is 1. The van der Waals surface area contributed by atoms with Gasteiger partial charge in [0.05, 0.1) is 12.7 Å². The van der Waals surface area contributed by atoms with Gasteiger partial charge in [-0.25, -0.2) is 4.98 Å². The van der Waals surface area contributed by atoms with Gasteiger partial charge in [0.1, 0.15) is 0 Å². The van der Waals surface area contributed by atoms with Gasteiger partial charge in [0.15, 0.2) is 12.2 Å². The molecule has 0 bridgehead atoms. The number of Topliss-reactive ketones (excluding diaryl/α,β-unsaturated/α-hetero) is 1. The second kappa shape index (κ2) is 2.41. The van der Waals surface area contributed by atoms with Crippen molar-refractivity contribution in [3.63, 3.8) is 0 Å². The normalized spacial score (nSPS) is 9.44. The van der Waals surface area contributed by atoms with Crippen LogP contribution in [0.2, 0.25) is 0 Å². The van der Waals surface area contributed by atoms with E-state index in [1.807, 2.05) is 0 Å². The van der Waals surface area contributed by atoms with Gasteiger partial charge in [-0.1, -0.05) is 0 Å². The summed E-state index contributed by atoms with van der Waals surface area (Å²) in [6.45, 7) is -0.0325. The summed E-state index contributed by atoms with van der Waals surface area (Å²) in [5.41, 5.74) is 5.03. The third kappa shape index (κ3) is 1.14.